The standard InChI is InChI=1S/C8H11N3O/c1-12-11-10-6-7-2-4-8(9)5-3-7/h2-5H,6,9H2,1H3. The molecule has 1 aromatic carbocycles. The Morgan fingerprint density at radius 1 is 1.33 bits per heavy atom. The molecule has 0 bridgehead atoms. The molecule has 0 fully saturated rings. The quantitative estimate of drug-likeness (QED) is 0.421. The fourth-order valence-electron chi connectivity index (χ4n) is 0.791. The highest BCUT2D eigenvalue weighted by Crippen LogP contribution is 2.06. The van der Waals surface area contributed by atoms with E-state index in [4.69, 9.17) is 5.73 Å². The molecule has 4 heteroatoms. The van der Waals surface area contributed by atoms with Crippen LogP contribution in [0.5, 0.6) is 0 Å². The minimum Gasteiger partial charge on any atom is -0.399 e. The van der Waals surface area contributed by atoms with Crippen LogP contribution in [0.4, 0.5) is 5.69 Å². The highest BCUT2D eigenvalue weighted by Gasteiger charge is 1.89. The highest BCUT2D eigenvalue weighted by molar-refractivity contribution is 5.39. The molecule has 1 aromatic rings. The van der Waals surface area contributed by atoms with Crippen LogP contribution < -0.4 is 5.73 Å². The fraction of sp³-hybridized carbons (Fsp3) is 0.250. The van der Waals surface area contributed by atoms with Gasteiger partial charge in [0.1, 0.15) is 7.11 Å². The largest absolute Gasteiger partial charge is 0.399 e. The van der Waals surface area contributed by atoms with Crippen LogP contribution in [0, 0.1) is 0 Å². The first-order chi connectivity index (χ1) is 5.83. The average Bonchev–Trinajstić information content (AvgIpc) is 2.09. The first-order valence-electron chi connectivity index (χ1n) is 3.57. The van der Waals surface area contributed by atoms with Crippen LogP contribution >= 0.6 is 0 Å². The van der Waals surface area contributed by atoms with Gasteiger partial charge in [-0.25, -0.2) is 0 Å². The van der Waals surface area contributed by atoms with Crippen LogP contribution in [0.2, 0.25) is 0 Å². The number of nitrogens with two attached hydrogens (primary N) is 1. The summed E-state index contributed by atoms with van der Waals surface area (Å²) in [6.45, 7) is 0.522. The van der Waals surface area contributed by atoms with Gasteiger partial charge in [0.25, 0.3) is 0 Å². The van der Waals surface area contributed by atoms with Gasteiger partial charge in [0.15, 0.2) is 0 Å². The molecule has 0 radical (unpaired) electrons. The molecule has 0 aliphatic rings. The van der Waals surface area contributed by atoms with Gasteiger partial charge in [0.2, 0.25) is 0 Å². The van der Waals surface area contributed by atoms with Gasteiger partial charge >= 0.3 is 0 Å². The zero-order valence-electron chi connectivity index (χ0n) is 6.90. The maximum absolute atomic E-state index is 5.50. The Morgan fingerprint density at radius 2 is 2.00 bits per heavy atom. The second-order valence-corrected chi connectivity index (χ2v) is 2.31. The minimum absolute atomic E-state index is 0.522. The van der Waals surface area contributed by atoms with E-state index < -0.39 is 0 Å². The number of hydrogen-bond acceptors (Lipinski definition) is 4. The molecule has 0 saturated carbocycles. The van der Waals surface area contributed by atoms with Crippen molar-refractivity contribution in [1.82, 2.24) is 0 Å². The van der Waals surface area contributed by atoms with E-state index in [2.05, 4.69) is 15.2 Å². The predicted molar refractivity (Wildman–Crippen MR) is 46.4 cm³/mol. The van der Waals surface area contributed by atoms with Crippen LogP contribution in [-0.2, 0) is 11.4 Å². The van der Waals surface area contributed by atoms with Gasteiger partial charge in [-0.2, -0.15) is 0 Å². The molecule has 0 aliphatic heterocycles. The van der Waals surface area contributed by atoms with E-state index in [1.54, 1.807) is 0 Å². The molecule has 0 spiro atoms. The van der Waals surface area contributed by atoms with E-state index in [0.717, 1.165) is 11.3 Å². The van der Waals surface area contributed by atoms with E-state index in [9.17, 15) is 0 Å². The van der Waals surface area contributed by atoms with Crippen molar-refractivity contribution < 1.29 is 4.84 Å². The van der Waals surface area contributed by atoms with Gasteiger partial charge in [-0.3, -0.25) is 0 Å². The minimum atomic E-state index is 0.522. The summed E-state index contributed by atoms with van der Waals surface area (Å²) in [5, 5.41) is 7.13. The summed E-state index contributed by atoms with van der Waals surface area (Å²) in [6, 6.07) is 7.48. The number of rotatable bonds is 3. The molecule has 1 rings (SSSR count). The van der Waals surface area contributed by atoms with Crippen molar-refractivity contribution in [3.63, 3.8) is 0 Å². The van der Waals surface area contributed by atoms with E-state index in [0.29, 0.717) is 6.54 Å². The lowest BCUT2D eigenvalue weighted by molar-refractivity contribution is 0.185. The van der Waals surface area contributed by atoms with Gasteiger partial charge in [-0.1, -0.05) is 12.1 Å². The molecule has 4 nitrogen and oxygen atoms in total. The van der Waals surface area contributed by atoms with Gasteiger partial charge in [0, 0.05) is 11.0 Å². The van der Waals surface area contributed by atoms with Gasteiger partial charge in [-0.05, 0) is 17.7 Å². The van der Waals surface area contributed by atoms with Crippen LogP contribution in [0.3, 0.4) is 0 Å². The molecule has 64 valence electrons. The molecular weight excluding hydrogens is 154 g/mol. The normalized spacial score (nSPS) is 10.4. The van der Waals surface area contributed by atoms with Gasteiger partial charge in [-0.15, -0.1) is 5.11 Å². The van der Waals surface area contributed by atoms with Crippen molar-refractivity contribution in [1.29, 1.82) is 0 Å². The second kappa shape index (κ2) is 4.33. The van der Waals surface area contributed by atoms with Crippen LogP contribution in [0.15, 0.2) is 34.7 Å². The summed E-state index contributed by atoms with van der Waals surface area (Å²) in [4.78, 5) is 4.42. The van der Waals surface area contributed by atoms with Gasteiger partial charge in [0.05, 0.1) is 6.54 Å². The monoisotopic (exact) mass is 165 g/mol. The number of hydrogen-bond donors (Lipinski definition) is 1. The SMILES string of the molecule is CON=NCc1ccc(N)cc1. The summed E-state index contributed by atoms with van der Waals surface area (Å²) >= 11 is 0. The molecule has 0 aromatic heterocycles. The molecular formula is C8H11N3O. The highest BCUT2D eigenvalue weighted by atomic mass is 16.6. The van der Waals surface area contributed by atoms with E-state index in [1.807, 2.05) is 24.3 Å². The maximum Gasteiger partial charge on any atom is 0.108 e. The summed E-state index contributed by atoms with van der Waals surface area (Å²) in [5.41, 5.74) is 7.32. The summed E-state index contributed by atoms with van der Waals surface area (Å²) in [6.07, 6.45) is 0. The van der Waals surface area contributed by atoms with Crippen molar-refractivity contribution in [3.8, 4) is 0 Å². The number of anilines is 1. The number of nitrogen functional groups attached to an aromatic ring is 1. The fourth-order valence-corrected chi connectivity index (χ4v) is 0.791. The Labute approximate surface area is 71.0 Å². The second-order valence-electron chi connectivity index (χ2n) is 2.31. The van der Waals surface area contributed by atoms with E-state index >= 15 is 0 Å². The lowest BCUT2D eigenvalue weighted by Crippen LogP contribution is -1.85. The van der Waals surface area contributed by atoms with Gasteiger partial charge < -0.3 is 10.6 Å². The molecule has 0 atom stereocenters. The number of nitrogens with zero attached hydrogens (tertiary/aromatic N) is 2. The summed E-state index contributed by atoms with van der Waals surface area (Å²) < 4.78 is 0. The Kier molecular flexibility index (Phi) is 3.07. The number of benzene rings is 1. The first-order valence-corrected chi connectivity index (χ1v) is 3.57. The summed E-state index contributed by atoms with van der Waals surface area (Å²) in [7, 11) is 1.46. The van der Waals surface area contributed by atoms with Crippen LogP contribution in [-0.4, -0.2) is 7.11 Å². The molecule has 0 amide bonds. The third-order valence-corrected chi connectivity index (χ3v) is 1.37. The zero-order chi connectivity index (χ0) is 8.81. The first kappa shape index (κ1) is 8.52. The third-order valence-electron chi connectivity index (χ3n) is 1.37. The van der Waals surface area contributed by atoms with Crippen molar-refractivity contribution >= 4 is 5.69 Å². The van der Waals surface area contributed by atoms with Crippen LogP contribution in [0.25, 0.3) is 0 Å². The van der Waals surface area contributed by atoms with Crippen LogP contribution in [0.1, 0.15) is 5.56 Å². The molecule has 2 N–H and O–H groups in total. The average molecular weight is 165 g/mol. The molecule has 0 aliphatic carbocycles. The summed E-state index contributed by atoms with van der Waals surface area (Å²) in [5.74, 6) is 0. The lowest BCUT2D eigenvalue weighted by Gasteiger charge is -1.95. The zero-order valence-corrected chi connectivity index (χ0v) is 6.90. The maximum atomic E-state index is 5.50. The van der Waals surface area contributed by atoms with E-state index in [1.165, 1.54) is 7.11 Å². The Hall–Kier alpha value is -1.58. The lowest BCUT2D eigenvalue weighted by atomic mass is 10.2. The Morgan fingerprint density at radius 3 is 2.58 bits per heavy atom. The smallest absolute Gasteiger partial charge is 0.108 e. The molecule has 0 heterocycles. The Balaban J connectivity index is 2.53. The third kappa shape index (κ3) is 2.57. The molecule has 0 saturated heterocycles. The van der Waals surface area contributed by atoms with Crippen molar-refractivity contribution in [2.24, 2.45) is 10.4 Å². The Bertz CT molecular complexity index is 256. The molecule has 0 unspecified atom stereocenters. The van der Waals surface area contributed by atoms with Crippen molar-refractivity contribution in [2.45, 2.75) is 6.54 Å². The van der Waals surface area contributed by atoms with E-state index in [-0.39, 0.29) is 0 Å². The van der Waals surface area contributed by atoms with Crippen molar-refractivity contribution in [3.05, 3.63) is 29.8 Å². The van der Waals surface area contributed by atoms with Crippen molar-refractivity contribution in [2.75, 3.05) is 12.8 Å². The molecule has 12 heavy (non-hydrogen) atoms. The predicted octanol–water partition coefficient (Wildman–Crippen LogP) is 1.78. The topological polar surface area (TPSA) is 60.0 Å².